The number of nitrogens with two attached hydrogens (primary N) is 1. The number of anilines is 3. The van der Waals surface area contributed by atoms with Crippen molar-refractivity contribution in [2.24, 2.45) is 11.7 Å². The van der Waals surface area contributed by atoms with E-state index in [9.17, 15) is 18.3 Å². The molecule has 1 aliphatic rings. The van der Waals surface area contributed by atoms with Crippen LogP contribution in [-0.4, -0.2) is 36.7 Å². The van der Waals surface area contributed by atoms with Gasteiger partial charge in [-0.2, -0.15) is 0 Å². The summed E-state index contributed by atoms with van der Waals surface area (Å²) in [7, 11) is -3.37. The van der Waals surface area contributed by atoms with Crippen LogP contribution in [0, 0.1) is 5.92 Å². The third-order valence-corrected chi connectivity index (χ3v) is 5.91. The number of aliphatic hydroxyl groups excluding tert-OH is 1. The van der Waals surface area contributed by atoms with E-state index >= 15 is 0 Å². The third kappa shape index (κ3) is 5.07. The zero-order valence-electron chi connectivity index (χ0n) is 17.1. The van der Waals surface area contributed by atoms with Crippen LogP contribution in [0.25, 0.3) is 0 Å². The van der Waals surface area contributed by atoms with Crippen molar-refractivity contribution in [1.82, 2.24) is 10.3 Å². The van der Waals surface area contributed by atoms with Gasteiger partial charge in [0, 0.05) is 24.1 Å². The number of pyridine rings is 1. The molecule has 2 atom stereocenters. The Hall–Kier alpha value is -2.69. The lowest BCUT2D eigenvalue weighted by Crippen LogP contribution is -2.36. The molecular weight excluding hydrogens is 406 g/mol. The lowest BCUT2D eigenvalue weighted by Gasteiger charge is -2.20. The topological polar surface area (TPSA) is 146 Å². The van der Waals surface area contributed by atoms with Crippen LogP contribution in [-0.2, 0) is 21.2 Å². The number of benzene rings is 1. The van der Waals surface area contributed by atoms with Crippen molar-refractivity contribution < 1.29 is 18.3 Å². The van der Waals surface area contributed by atoms with Gasteiger partial charge in [-0.15, -0.1) is 0 Å². The Morgan fingerprint density at radius 3 is 2.73 bits per heavy atom. The number of hydrogen-bond donors (Lipinski definition) is 5. The predicted molar refractivity (Wildman–Crippen MR) is 115 cm³/mol. The lowest BCUT2D eigenvalue weighted by atomic mass is 10.0. The summed E-state index contributed by atoms with van der Waals surface area (Å²) in [5.74, 6) is 0.588. The van der Waals surface area contributed by atoms with Gasteiger partial charge in [-0.3, -0.25) is 10.1 Å². The number of nitrogens with one attached hydrogen (secondary N) is 3. The van der Waals surface area contributed by atoms with Crippen LogP contribution in [0.5, 0.6) is 0 Å². The van der Waals surface area contributed by atoms with Gasteiger partial charge in [0.25, 0.3) is 0 Å². The molecule has 0 saturated heterocycles. The molecule has 9 nitrogen and oxygen atoms in total. The minimum absolute atomic E-state index is 0.169. The molecule has 1 unspecified atom stereocenters. The number of fused-ring (bicyclic) bond motifs is 1. The summed E-state index contributed by atoms with van der Waals surface area (Å²) < 4.78 is 23.7. The Bertz CT molecular complexity index is 1060. The number of aromatic nitrogens is 1. The van der Waals surface area contributed by atoms with Crippen molar-refractivity contribution >= 4 is 33.1 Å². The molecule has 1 amide bonds. The highest BCUT2D eigenvalue weighted by molar-refractivity contribution is 7.90. The monoisotopic (exact) mass is 433 g/mol. The molecular formula is C20H27N5O4S. The number of rotatable bonds is 8. The van der Waals surface area contributed by atoms with Crippen molar-refractivity contribution in [1.29, 1.82) is 0 Å². The van der Waals surface area contributed by atoms with E-state index in [0.717, 1.165) is 11.8 Å². The van der Waals surface area contributed by atoms with Crippen molar-refractivity contribution in [3.05, 3.63) is 41.5 Å². The molecule has 0 bridgehead atoms. The Balaban J connectivity index is 1.97. The second-order valence-electron chi connectivity index (χ2n) is 7.87. The first kappa shape index (κ1) is 22.0. The number of carbonyl (C=O) groups excluding carboxylic acids is 1. The van der Waals surface area contributed by atoms with Crippen molar-refractivity contribution in [3.63, 3.8) is 0 Å². The maximum absolute atomic E-state index is 11.9. The summed E-state index contributed by atoms with van der Waals surface area (Å²) in [4.78, 5) is 16.5. The van der Waals surface area contributed by atoms with E-state index in [4.69, 9.17) is 5.73 Å². The SMILES string of the molecule is CC(C)C[C@@H](Nc1cc2c(c(Nc3cccc(S(C)(=O)=O)c3)n1)C(O)NC2)C(N)=O. The fourth-order valence-corrected chi connectivity index (χ4v) is 4.04. The number of sulfone groups is 1. The van der Waals surface area contributed by atoms with Gasteiger partial charge in [-0.05, 0) is 42.2 Å². The van der Waals surface area contributed by atoms with E-state index in [1.807, 2.05) is 13.8 Å². The summed E-state index contributed by atoms with van der Waals surface area (Å²) in [6.45, 7) is 4.42. The average Bonchev–Trinajstić information content (AvgIpc) is 3.01. The smallest absolute Gasteiger partial charge is 0.239 e. The summed E-state index contributed by atoms with van der Waals surface area (Å²) in [6, 6.07) is 7.53. The highest BCUT2D eigenvalue weighted by Crippen LogP contribution is 2.33. The molecule has 0 saturated carbocycles. The van der Waals surface area contributed by atoms with Crippen LogP contribution in [0.15, 0.2) is 35.2 Å². The highest BCUT2D eigenvalue weighted by Gasteiger charge is 2.27. The van der Waals surface area contributed by atoms with Gasteiger partial charge in [0.2, 0.25) is 5.91 Å². The van der Waals surface area contributed by atoms with Crippen LogP contribution < -0.4 is 21.7 Å². The van der Waals surface area contributed by atoms with E-state index in [2.05, 4.69) is 20.9 Å². The normalized spacial score (nSPS) is 16.9. The van der Waals surface area contributed by atoms with Crippen molar-refractivity contribution in [2.75, 3.05) is 16.9 Å². The molecule has 1 aliphatic heterocycles. The number of hydrogen-bond acceptors (Lipinski definition) is 8. The molecule has 0 aliphatic carbocycles. The molecule has 0 radical (unpaired) electrons. The summed E-state index contributed by atoms with van der Waals surface area (Å²) >= 11 is 0. The highest BCUT2D eigenvalue weighted by atomic mass is 32.2. The Kier molecular flexibility index (Phi) is 6.30. The van der Waals surface area contributed by atoms with Crippen LogP contribution >= 0.6 is 0 Å². The molecule has 0 spiro atoms. The summed E-state index contributed by atoms with van der Waals surface area (Å²) in [5.41, 5.74) is 7.43. The number of nitrogens with zero attached hydrogens (tertiary/aromatic N) is 1. The maximum atomic E-state index is 11.9. The molecule has 2 heterocycles. The number of amides is 1. The number of primary amides is 1. The van der Waals surface area contributed by atoms with Crippen LogP contribution in [0.2, 0.25) is 0 Å². The van der Waals surface area contributed by atoms with Gasteiger partial charge < -0.3 is 21.5 Å². The first-order chi connectivity index (χ1) is 14.0. The zero-order chi connectivity index (χ0) is 22.1. The van der Waals surface area contributed by atoms with E-state index in [0.29, 0.717) is 35.9 Å². The van der Waals surface area contributed by atoms with Crippen LogP contribution in [0.3, 0.4) is 0 Å². The van der Waals surface area contributed by atoms with Crippen LogP contribution in [0.1, 0.15) is 37.6 Å². The molecule has 30 heavy (non-hydrogen) atoms. The Morgan fingerprint density at radius 2 is 2.10 bits per heavy atom. The largest absolute Gasteiger partial charge is 0.374 e. The zero-order valence-corrected chi connectivity index (χ0v) is 18.0. The number of aliphatic hydroxyl groups is 1. The molecule has 10 heteroatoms. The van der Waals surface area contributed by atoms with E-state index in [-0.39, 0.29) is 10.8 Å². The fourth-order valence-electron chi connectivity index (χ4n) is 3.37. The standard InChI is InChI=1S/C20H27N5O4S/c1-11(2)7-15(18(21)26)24-16-8-12-10-22-20(27)17(12)19(25-16)23-13-5-4-6-14(9-13)30(3,28)29/h4-6,8-9,11,15,20,22,27H,7,10H2,1-3H3,(H2,21,26)(H2,23,24,25)/t15-,20?/m1/s1. The van der Waals surface area contributed by atoms with E-state index in [1.54, 1.807) is 18.2 Å². The van der Waals surface area contributed by atoms with Gasteiger partial charge in [-0.1, -0.05) is 19.9 Å². The first-order valence-corrected chi connectivity index (χ1v) is 11.5. The molecule has 1 aromatic carbocycles. The lowest BCUT2D eigenvalue weighted by molar-refractivity contribution is -0.119. The van der Waals surface area contributed by atoms with Crippen molar-refractivity contribution in [3.8, 4) is 0 Å². The predicted octanol–water partition coefficient (Wildman–Crippen LogP) is 1.63. The van der Waals surface area contributed by atoms with Crippen molar-refractivity contribution in [2.45, 2.75) is 44.0 Å². The molecule has 162 valence electrons. The maximum Gasteiger partial charge on any atom is 0.239 e. The van der Waals surface area contributed by atoms with Crippen LogP contribution in [0.4, 0.5) is 17.3 Å². The van der Waals surface area contributed by atoms with Gasteiger partial charge in [0.1, 0.15) is 23.9 Å². The third-order valence-electron chi connectivity index (χ3n) is 4.80. The first-order valence-electron chi connectivity index (χ1n) is 9.63. The second kappa shape index (κ2) is 8.58. The quantitative estimate of drug-likeness (QED) is 0.422. The molecule has 1 aromatic heterocycles. The van der Waals surface area contributed by atoms with E-state index in [1.165, 1.54) is 12.1 Å². The molecule has 6 N–H and O–H groups in total. The Morgan fingerprint density at radius 1 is 1.37 bits per heavy atom. The number of carbonyl (C=O) groups is 1. The van der Waals surface area contributed by atoms with Gasteiger partial charge >= 0.3 is 0 Å². The fraction of sp³-hybridized carbons (Fsp3) is 0.400. The average molecular weight is 434 g/mol. The van der Waals surface area contributed by atoms with E-state index < -0.39 is 28.0 Å². The minimum atomic E-state index is -3.37. The molecule has 0 fully saturated rings. The summed E-state index contributed by atoms with van der Waals surface area (Å²) in [5, 5.41) is 19.4. The van der Waals surface area contributed by atoms with Gasteiger partial charge in [-0.25, -0.2) is 13.4 Å². The molecule has 3 rings (SSSR count). The van der Waals surface area contributed by atoms with Gasteiger partial charge in [0.15, 0.2) is 9.84 Å². The summed E-state index contributed by atoms with van der Waals surface area (Å²) in [6.07, 6.45) is 0.775. The molecule has 2 aromatic rings. The minimum Gasteiger partial charge on any atom is -0.374 e. The second-order valence-corrected chi connectivity index (χ2v) is 9.88. The Labute approximate surface area is 176 Å². The van der Waals surface area contributed by atoms with Gasteiger partial charge in [0.05, 0.1) is 4.90 Å².